The highest BCUT2D eigenvalue weighted by Crippen LogP contribution is 2.17. The quantitative estimate of drug-likeness (QED) is 0.715. The zero-order valence-electron chi connectivity index (χ0n) is 14.0. The monoisotopic (exact) mass is 339 g/mol. The highest BCUT2D eigenvalue weighted by molar-refractivity contribution is 6.31. The molecule has 4 nitrogen and oxygen atoms in total. The first-order valence-corrected chi connectivity index (χ1v) is 8.65. The molecule has 0 saturated carbocycles. The number of ether oxygens (including phenoxy) is 2. The summed E-state index contributed by atoms with van der Waals surface area (Å²) in [4.78, 5) is 14.3. The fourth-order valence-electron chi connectivity index (χ4n) is 2.76. The van der Waals surface area contributed by atoms with Gasteiger partial charge in [0, 0.05) is 31.1 Å². The number of aryl methyl sites for hydroxylation is 1. The van der Waals surface area contributed by atoms with Gasteiger partial charge in [0.2, 0.25) is 0 Å². The minimum atomic E-state index is -0.200. The van der Waals surface area contributed by atoms with Crippen LogP contribution in [-0.2, 0) is 20.7 Å². The molecular weight excluding hydrogens is 314 g/mol. The molecule has 1 aliphatic rings. The van der Waals surface area contributed by atoms with E-state index in [2.05, 4.69) is 18.7 Å². The number of benzene rings is 1. The van der Waals surface area contributed by atoms with E-state index < -0.39 is 0 Å². The van der Waals surface area contributed by atoms with Crippen molar-refractivity contribution in [1.82, 2.24) is 4.90 Å². The molecule has 0 radical (unpaired) electrons. The number of esters is 1. The topological polar surface area (TPSA) is 38.8 Å². The Morgan fingerprint density at radius 2 is 2.22 bits per heavy atom. The zero-order valence-corrected chi connectivity index (χ0v) is 14.7. The number of morpholine rings is 1. The summed E-state index contributed by atoms with van der Waals surface area (Å²) in [5, 5.41) is 0.695. The molecule has 5 heteroatoms. The third-order valence-corrected chi connectivity index (χ3v) is 4.20. The SMILES string of the molecule is CC(C)CN1CCOC(COC(=O)CCc2ccccc2Cl)C1. The Morgan fingerprint density at radius 3 is 2.96 bits per heavy atom. The van der Waals surface area contributed by atoms with Gasteiger partial charge in [0.1, 0.15) is 12.7 Å². The first-order chi connectivity index (χ1) is 11.0. The van der Waals surface area contributed by atoms with Crippen LogP contribution in [0.25, 0.3) is 0 Å². The lowest BCUT2D eigenvalue weighted by Crippen LogP contribution is -2.45. The molecule has 0 bridgehead atoms. The van der Waals surface area contributed by atoms with Crippen molar-refractivity contribution in [3.05, 3.63) is 34.9 Å². The molecule has 1 atom stereocenters. The number of carbonyl (C=O) groups is 1. The maximum absolute atomic E-state index is 11.9. The fourth-order valence-corrected chi connectivity index (χ4v) is 2.99. The molecule has 1 heterocycles. The maximum Gasteiger partial charge on any atom is 0.306 e. The third kappa shape index (κ3) is 6.50. The highest BCUT2D eigenvalue weighted by atomic mass is 35.5. The summed E-state index contributed by atoms with van der Waals surface area (Å²) in [7, 11) is 0. The number of hydrogen-bond donors (Lipinski definition) is 0. The van der Waals surface area contributed by atoms with Crippen molar-refractivity contribution in [2.75, 3.05) is 32.8 Å². The summed E-state index contributed by atoms with van der Waals surface area (Å²) in [6.07, 6.45) is 0.919. The van der Waals surface area contributed by atoms with Crippen LogP contribution in [0, 0.1) is 5.92 Å². The van der Waals surface area contributed by atoms with Crippen LogP contribution in [0.2, 0.25) is 5.02 Å². The molecule has 0 aliphatic carbocycles. The van der Waals surface area contributed by atoms with Gasteiger partial charge in [-0.2, -0.15) is 0 Å². The Labute approximate surface area is 143 Å². The van der Waals surface area contributed by atoms with Gasteiger partial charge in [0.15, 0.2) is 0 Å². The first kappa shape index (κ1) is 18.2. The lowest BCUT2D eigenvalue weighted by Gasteiger charge is -2.33. The van der Waals surface area contributed by atoms with E-state index in [0.29, 0.717) is 37.0 Å². The van der Waals surface area contributed by atoms with Gasteiger partial charge >= 0.3 is 5.97 Å². The molecule has 1 aliphatic heterocycles. The van der Waals surface area contributed by atoms with E-state index in [1.807, 2.05) is 24.3 Å². The predicted molar refractivity (Wildman–Crippen MR) is 91.8 cm³/mol. The molecule has 1 saturated heterocycles. The molecule has 0 N–H and O–H groups in total. The molecule has 128 valence electrons. The molecule has 0 spiro atoms. The number of nitrogens with zero attached hydrogens (tertiary/aromatic N) is 1. The second-order valence-electron chi connectivity index (χ2n) is 6.42. The van der Waals surface area contributed by atoms with E-state index >= 15 is 0 Å². The number of rotatable bonds is 7. The van der Waals surface area contributed by atoms with Gasteiger partial charge in [-0.05, 0) is 24.0 Å². The number of carbonyl (C=O) groups excluding carboxylic acids is 1. The van der Waals surface area contributed by atoms with E-state index in [4.69, 9.17) is 21.1 Å². The summed E-state index contributed by atoms with van der Waals surface area (Å²) in [6.45, 7) is 8.29. The maximum atomic E-state index is 11.9. The van der Waals surface area contributed by atoms with Crippen molar-refractivity contribution in [3.8, 4) is 0 Å². The average Bonchev–Trinajstić information content (AvgIpc) is 2.52. The molecule has 2 rings (SSSR count). The smallest absolute Gasteiger partial charge is 0.306 e. The van der Waals surface area contributed by atoms with Gasteiger partial charge in [-0.1, -0.05) is 43.6 Å². The standard InChI is InChI=1S/C18H26ClNO3/c1-14(2)11-20-9-10-22-16(12-20)13-23-18(21)8-7-15-5-3-4-6-17(15)19/h3-6,14,16H,7-13H2,1-2H3. The van der Waals surface area contributed by atoms with Crippen LogP contribution in [0.15, 0.2) is 24.3 Å². The Hall–Kier alpha value is -1.10. The van der Waals surface area contributed by atoms with Crippen LogP contribution >= 0.6 is 11.6 Å². The van der Waals surface area contributed by atoms with E-state index in [0.717, 1.165) is 25.2 Å². The van der Waals surface area contributed by atoms with Crippen molar-refractivity contribution in [1.29, 1.82) is 0 Å². The van der Waals surface area contributed by atoms with E-state index in [1.54, 1.807) is 0 Å². The lowest BCUT2D eigenvalue weighted by molar-refractivity contribution is -0.150. The van der Waals surface area contributed by atoms with Crippen LogP contribution in [0.5, 0.6) is 0 Å². The Bertz CT molecular complexity index is 507. The summed E-state index contributed by atoms with van der Waals surface area (Å²) < 4.78 is 11.0. The van der Waals surface area contributed by atoms with E-state index in [-0.39, 0.29) is 12.1 Å². The van der Waals surface area contributed by atoms with Gasteiger partial charge in [0.25, 0.3) is 0 Å². The molecule has 1 fully saturated rings. The minimum absolute atomic E-state index is 0.0215. The molecular formula is C18H26ClNO3. The third-order valence-electron chi connectivity index (χ3n) is 3.83. The van der Waals surface area contributed by atoms with E-state index in [1.165, 1.54) is 0 Å². The van der Waals surface area contributed by atoms with Gasteiger partial charge in [0.05, 0.1) is 6.61 Å². The Kier molecular flexibility index (Phi) is 7.34. The molecule has 0 aromatic heterocycles. The minimum Gasteiger partial charge on any atom is -0.463 e. The average molecular weight is 340 g/mol. The molecule has 23 heavy (non-hydrogen) atoms. The summed E-state index contributed by atoms with van der Waals surface area (Å²) in [6, 6.07) is 7.57. The summed E-state index contributed by atoms with van der Waals surface area (Å²) in [5.74, 6) is 0.432. The second-order valence-corrected chi connectivity index (χ2v) is 6.83. The highest BCUT2D eigenvalue weighted by Gasteiger charge is 2.22. The van der Waals surface area contributed by atoms with Crippen molar-refractivity contribution in [3.63, 3.8) is 0 Å². The van der Waals surface area contributed by atoms with Gasteiger partial charge in [-0.15, -0.1) is 0 Å². The van der Waals surface area contributed by atoms with Crippen molar-refractivity contribution in [2.45, 2.75) is 32.8 Å². The van der Waals surface area contributed by atoms with Crippen molar-refractivity contribution in [2.24, 2.45) is 5.92 Å². The summed E-state index contributed by atoms with van der Waals surface area (Å²) in [5.41, 5.74) is 0.975. The molecule has 1 aromatic carbocycles. The molecule has 0 amide bonds. The van der Waals surface area contributed by atoms with Gasteiger partial charge < -0.3 is 9.47 Å². The normalized spacial score (nSPS) is 19.0. The number of hydrogen-bond acceptors (Lipinski definition) is 4. The van der Waals surface area contributed by atoms with Crippen LogP contribution in [-0.4, -0.2) is 49.8 Å². The molecule has 1 aromatic rings. The van der Waals surface area contributed by atoms with Crippen LogP contribution in [0.3, 0.4) is 0 Å². The molecule has 1 unspecified atom stereocenters. The lowest BCUT2D eigenvalue weighted by atomic mass is 10.1. The van der Waals surface area contributed by atoms with Crippen LogP contribution < -0.4 is 0 Å². The van der Waals surface area contributed by atoms with E-state index in [9.17, 15) is 4.79 Å². The second kappa shape index (κ2) is 9.26. The summed E-state index contributed by atoms with van der Waals surface area (Å²) >= 11 is 6.09. The zero-order chi connectivity index (χ0) is 16.7. The van der Waals surface area contributed by atoms with Crippen molar-refractivity contribution >= 4 is 17.6 Å². The van der Waals surface area contributed by atoms with Gasteiger partial charge in [-0.25, -0.2) is 0 Å². The van der Waals surface area contributed by atoms with Gasteiger partial charge in [-0.3, -0.25) is 9.69 Å². The fraction of sp³-hybridized carbons (Fsp3) is 0.611. The Morgan fingerprint density at radius 1 is 1.43 bits per heavy atom. The largest absolute Gasteiger partial charge is 0.463 e. The van der Waals surface area contributed by atoms with Crippen molar-refractivity contribution < 1.29 is 14.3 Å². The number of halogens is 1. The van der Waals surface area contributed by atoms with Crippen LogP contribution in [0.4, 0.5) is 0 Å². The Balaban J connectivity index is 1.69. The van der Waals surface area contributed by atoms with Crippen LogP contribution in [0.1, 0.15) is 25.8 Å². The first-order valence-electron chi connectivity index (χ1n) is 8.27. The predicted octanol–water partition coefficient (Wildman–Crippen LogP) is 3.17.